The lowest BCUT2D eigenvalue weighted by Crippen LogP contribution is -2.21. The molecule has 6 heteroatoms. The van der Waals surface area contributed by atoms with E-state index in [0.29, 0.717) is 18.9 Å². The lowest BCUT2D eigenvalue weighted by Gasteiger charge is -2.07. The van der Waals surface area contributed by atoms with Crippen LogP contribution in [0, 0.1) is 6.92 Å². The van der Waals surface area contributed by atoms with Crippen molar-refractivity contribution in [1.29, 1.82) is 0 Å². The maximum absolute atomic E-state index is 11.0. The van der Waals surface area contributed by atoms with Gasteiger partial charge < -0.3 is 16.0 Å². The standard InChI is InChI=1S/C10H17N5O/c1-7-6-8(15-10(12-3)14-7)13-5-4-9(16)11-2/h6H,4-5H2,1-3H3,(H,11,16)(H2,12,13,14,15). The highest BCUT2D eigenvalue weighted by molar-refractivity contribution is 5.76. The summed E-state index contributed by atoms with van der Waals surface area (Å²) in [5.74, 6) is 1.30. The van der Waals surface area contributed by atoms with Crippen LogP contribution < -0.4 is 16.0 Å². The van der Waals surface area contributed by atoms with E-state index in [1.165, 1.54) is 0 Å². The number of hydrogen-bond donors (Lipinski definition) is 3. The number of carbonyl (C=O) groups excluding carboxylic acids is 1. The minimum atomic E-state index is 0.00659. The number of hydrogen-bond acceptors (Lipinski definition) is 5. The summed E-state index contributed by atoms with van der Waals surface area (Å²) in [5, 5.41) is 8.51. The number of anilines is 2. The van der Waals surface area contributed by atoms with Crippen molar-refractivity contribution in [2.75, 3.05) is 31.3 Å². The van der Waals surface area contributed by atoms with Crippen LogP contribution in [0.1, 0.15) is 12.1 Å². The highest BCUT2D eigenvalue weighted by Crippen LogP contribution is 2.08. The summed E-state index contributed by atoms with van der Waals surface area (Å²) in [6, 6.07) is 1.84. The van der Waals surface area contributed by atoms with Crippen LogP contribution in [-0.2, 0) is 4.79 Å². The zero-order valence-electron chi connectivity index (χ0n) is 9.79. The van der Waals surface area contributed by atoms with E-state index in [0.717, 1.165) is 11.5 Å². The highest BCUT2D eigenvalue weighted by atomic mass is 16.1. The second-order valence-corrected chi connectivity index (χ2v) is 3.32. The predicted molar refractivity (Wildman–Crippen MR) is 63.5 cm³/mol. The van der Waals surface area contributed by atoms with Crippen LogP contribution in [0.4, 0.5) is 11.8 Å². The van der Waals surface area contributed by atoms with Gasteiger partial charge >= 0.3 is 0 Å². The monoisotopic (exact) mass is 223 g/mol. The maximum Gasteiger partial charge on any atom is 0.224 e. The summed E-state index contributed by atoms with van der Waals surface area (Å²) in [6.07, 6.45) is 0.425. The highest BCUT2D eigenvalue weighted by Gasteiger charge is 2.01. The van der Waals surface area contributed by atoms with E-state index in [1.807, 2.05) is 13.0 Å². The van der Waals surface area contributed by atoms with Crippen molar-refractivity contribution in [3.63, 3.8) is 0 Å². The largest absolute Gasteiger partial charge is 0.369 e. The Hall–Kier alpha value is -1.85. The average molecular weight is 223 g/mol. The van der Waals surface area contributed by atoms with Crippen LogP contribution in [0.3, 0.4) is 0 Å². The minimum absolute atomic E-state index is 0.00659. The van der Waals surface area contributed by atoms with Gasteiger partial charge in [0.25, 0.3) is 0 Å². The van der Waals surface area contributed by atoms with Gasteiger partial charge in [0.15, 0.2) is 0 Å². The third kappa shape index (κ3) is 3.72. The normalized spacial score (nSPS) is 9.69. The molecule has 0 saturated heterocycles. The Bertz CT molecular complexity index is 366. The number of aromatic nitrogens is 2. The fraction of sp³-hybridized carbons (Fsp3) is 0.500. The molecule has 0 radical (unpaired) electrons. The number of nitrogens with one attached hydrogen (secondary N) is 3. The zero-order valence-corrected chi connectivity index (χ0v) is 9.79. The molecule has 0 aliphatic heterocycles. The van der Waals surface area contributed by atoms with Gasteiger partial charge in [-0.1, -0.05) is 0 Å². The van der Waals surface area contributed by atoms with E-state index in [2.05, 4.69) is 25.9 Å². The molecule has 0 aliphatic rings. The summed E-state index contributed by atoms with van der Waals surface area (Å²) in [7, 11) is 3.39. The first-order chi connectivity index (χ1) is 7.65. The van der Waals surface area contributed by atoms with Gasteiger partial charge in [0.2, 0.25) is 11.9 Å². The molecule has 1 aromatic heterocycles. The molecular weight excluding hydrogens is 206 g/mol. The molecule has 1 aromatic rings. The summed E-state index contributed by atoms with van der Waals surface area (Å²) < 4.78 is 0. The van der Waals surface area contributed by atoms with Crippen molar-refractivity contribution in [3.8, 4) is 0 Å². The van der Waals surface area contributed by atoms with Crippen molar-refractivity contribution in [3.05, 3.63) is 11.8 Å². The molecule has 3 N–H and O–H groups in total. The summed E-state index contributed by atoms with van der Waals surface area (Å²) >= 11 is 0. The number of carbonyl (C=O) groups is 1. The molecule has 0 fully saturated rings. The Labute approximate surface area is 94.9 Å². The van der Waals surface area contributed by atoms with Crippen molar-refractivity contribution >= 4 is 17.7 Å². The molecule has 16 heavy (non-hydrogen) atoms. The second kappa shape index (κ2) is 5.89. The minimum Gasteiger partial charge on any atom is -0.369 e. The van der Waals surface area contributed by atoms with Gasteiger partial charge in [-0.05, 0) is 6.92 Å². The van der Waals surface area contributed by atoms with E-state index in [1.54, 1.807) is 14.1 Å². The summed E-state index contributed by atoms with van der Waals surface area (Å²) in [6.45, 7) is 2.45. The van der Waals surface area contributed by atoms with Crippen LogP contribution in [0.15, 0.2) is 6.07 Å². The topological polar surface area (TPSA) is 78.9 Å². The smallest absolute Gasteiger partial charge is 0.224 e. The van der Waals surface area contributed by atoms with E-state index in [4.69, 9.17) is 0 Å². The molecule has 1 rings (SSSR count). The molecule has 88 valence electrons. The third-order valence-corrected chi connectivity index (χ3v) is 2.01. The lowest BCUT2D eigenvalue weighted by molar-refractivity contribution is -0.120. The zero-order chi connectivity index (χ0) is 12.0. The van der Waals surface area contributed by atoms with E-state index in [9.17, 15) is 4.79 Å². The van der Waals surface area contributed by atoms with E-state index in [-0.39, 0.29) is 5.91 Å². The number of nitrogens with zero attached hydrogens (tertiary/aromatic N) is 2. The van der Waals surface area contributed by atoms with Crippen LogP contribution in [-0.4, -0.2) is 36.5 Å². The molecule has 1 heterocycles. The fourth-order valence-corrected chi connectivity index (χ4v) is 1.20. The van der Waals surface area contributed by atoms with Gasteiger partial charge in [-0.15, -0.1) is 0 Å². The van der Waals surface area contributed by atoms with Crippen LogP contribution in [0.5, 0.6) is 0 Å². The average Bonchev–Trinajstić information content (AvgIpc) is 2.28. The van der Waals surface area contributed by atoms with Crippen molar-refractivity contribution < 1.29 is 4.79 Å². The first kappa shape index (κ1) is 12.2. The van der Waals surface area contributed by atoms with Gasteiger partial charge in [0.05, 0.1) is 0 Å². The molecule has 0 saturated carbocycles. The Kier molecular flexibility index (Phi) is 4.50. The molecule has 0 unspecified atom stereocenters. The Morgan fingerprint density at radius 2 is 2.12 bits per heavy atom. The summed E-state index contributed by atoms with van der Waals surface area (Å²) in [5.41, 5.74) is 0.877. The van der Waals surface area contributed by atoms with Crippen molar-refractivity contribution in [2.45, 2.75) is 13.3 Å². The van der Waals surface area contributed by atoms with Gasteiger partial charge in [0.1, 0.15) is 5.82 Å². The third-order valence-electron chi connectivity index (χ3n) is 2.01. The van der Waals surface area contributed by atoms with E-state index < -0.39 is 0 Å². The van der Waals surface area contributed by atoms with Crippen LogP contribution in [0.25, 0.3) is 0 Å². The molecule has 0 aliphatic carbocycles. The Morgan fingerprint density at radius 1 is 1.38 bits per heavy atom. The Morgan fingerprint density at radius 3 is 2.75 bits per heavy atom. The van der Waals surface area contributed by atoms with Gasteiger partial charge in [-0.25, -0.2) is 4.98 Å². The van der Waals surface area contributed by atoms with Crippen LogP contribution in [0.2, 0.25) is 0 Å². The SMILES string of the molecule is CNC(=O)CCNc1cc(C)nc(NC)n1. The van der Waals surface area contributed by atoms with Gasteiger partial charge in [-0.2, -0.15) is 4.98 Å². The molecule has 0 aromatic carbocycles. The number of amides is 1. The lowest BCUT2D eigenvalue weighted by atomic mass is 10.4. The van der Waals surface area contributed by atoms with Crippen molar-refractivity contribution in [2.24, 2.45) is 0 Å². The predicted octanol–water partition coefficient (Wildman–Crippen LogP) is 0.375. The molecule has 1 amide bonds. The molecule has 0 bridgehead atoms. The number of rotatable bonds is 5. The Balaban J connectivity index is 2.53. The number of aryl methyl sites for hydroxylation is 1. The van der Waals surface area contributed by atoms with E-state index >= 15 is 0 Å². The molecule has 6 nitrogen and oxygen atoms in total. The van der Waals surface area contributed by atoms with Gasteiger partial charge in [0, 0.05) is 38.8 Å². The molecule has 0 spiro atoms. The maximum atomic E-state index is 11.0. The summed E-state index contributed by atoms with van der Waals surface area (Å²) in [4.78, 5) is 19.4. The molecular formula is C10H17N5O. The first-order valence-electron chi connectivity index (χ1n) is 5.13. The van der Waals surface area contributed by atoms with Crippen molar-refractivity contribution in [1.82, 2.24) is 15.3 Å². The fourth-order valence-electron chi connectivity index (χ4n) is 1.20. The van der Waals surface area contributed by atoms with Crippen LogP contribution >= 0.6 is 0 Å². The second-order valence-electron chi connectivity index (χ2n) is 3.32. The molecule has 0 atom stereocenters. The first-order valence-corrected chi connectivity index (χ1v) is 5.13. The van der Waals surface area contributed by atoms with Gasteiger partial charge in [-0.3, -0.25) is 4.79 Å². The quantitative estimate of drug-likeness (QED) is 0.672.